The van der Waals surface area contributed by atoms with Crippen molar-refractivity contribution in [2.75, 3.05) is 5.73 Å². The van der Waals surface area contributed by atoms with E-state index in [2.05, 4.69) is 34.2 Å². The number of carbonyl (C=O) groups is 1. The SMILES string of the molecule is C=Cc1c(C(=O)O)nc(-c2ccc(I)cc2)c(F)c1N. The number of nitrogens with two attached hydrogens (primary N) is 1. The molecule has 0 fully saturated rings. The molecule has 0 spiro atoms. The Labute approximate surface area is 128 Å². The number of rotatable bonds is 3. The Hall–Kier alpha value is -1.96. The third kappa shape index (κ3) is 2.51. The minimum atomic E-state index is -1.28. The van der Waals surface area contributed by atoms with E-state index in [9.17, 15) is 9.18 Å². The summed E-state index contributed by atoms with van der Waals surface area (Å²) in [5.41, 5.74) is 5.45. The highest BCUT2D eigenvalue weighted by atomic mass is 127. The largest absolute Gasteiger partial charge is 0.476 e. The van der Waals surface area contributed by atoms with Crippen molar-refractivity contribution in [3.63, 3.8) is 0 Å². The van der Waals surface area contributed by atoms with E-state index >= 15 is 0 Å². The molecule has 0 aliphatic heterocycles. The molecule has 6 heteroatoms. The predicted molar refractivity (Wildman–Crippen MR) is 83.8 cm³/mol. The molecule has 0 saturated heterocycles. The molecule has 0 aliphatic carbocycles. The maximum Gasteiger partial charge on any atom is 0.355 e. The van der Waals surface area contributed by atoms with Gasteiger partial charge in [-0.25, -0.2) is 14.2 Å². The van der Waals surface area contributed by atoms with Gasteiger partial charge in [0, 0.05) is 14.7 Å². The molecule has 1 aromatic heterocycles. The van der Waals surface area contributed by atoms with Gasteiger partial charge in [0.25, 0.3) is 0 Å². The third-order valence-electron chi connectivity index (χ3n) is 2.74. The number of pyridine rings is 1. The number of nitrogens with zero attached hydrogens (tertiary/aromatic N) is 1. The average Bonchev–Trinajstić information content (AvgIpc) is 2.42. The number of carboxylic acid groups (broad SMARTS) is 1. The van der Waals surface area contributed by atoms with Gasteiger partial charge in [0.05, 0.1) is 5.69 Å². The number of anilines is 1. The van der Waals surface area contributed by atoms with Gasteiger partial charge in [0.2, 0.25) is 0 Å². The summed E-state index contributed by atoms with van der Waals surface area (Å²) in [7, 11) is 0. The second-order valence-corrected chi connectivity index (χ2v) is 5.21. The lowest BCUT2D eigenvalue weighted by molar-refractivity contribution is 0.0690. The van der Waals surface area contributed by atoms with E-state index in [1.807, 2.05) is 0 Å². The van der Waals surface area contributed by atoms with Crippen molar-refractivity contribution in [1.82, 2.24) is 4.98 Å². The molecule has 2 rings (SSSR count). The van der Waals surface area contributed by atoms with Crippen LogP contribution in [0.15, 0.2) is 30.8 Å². The maximum atomic E-state index is 14.2. The number of hydrogen-bond donors (Lipinski definition) is 2. The van der Waals surface area contributed by atoms with Crippen LogP contribution in [0.2, 0.25) is 0 Å². The molecule has 1 heterocycles. The average molecular weight is 384 g/mol. The number of aromatic carboxylic acids is 1. The summed E-state index contributed by atoms with van der Waals surface area (Å²) in [4.78, 5) is 15.1. The van der Waals surface area contributed by atoms with Crippen LogP contribution in [0.3, 0.4) is 0 Å². The second-order valence-electron chi connectivity index (χ2n) is 3.97. The van der Waals surface area contributed by atoms with Crippen LogP contribution in [-0.2, 0) is 0 Å². The quantitative estimate of drug-likeness (QED) is 0.796. The summed E-state index contributed by atoms with van der Waals surface area (Å²) < 4.78 is 15.2. The molecule has 3 N–H and O–H groups in total. The highest BCUT2D eigenvalue weighted by Crippen LogP contribution is 2.29. The molecule has 0 aliphatic rings. The summed E-state index contributed by atoms with van der Waals surface area (Å²) in [5, 5.41) is 9.14. The number of benzene rings is 1. The van der Waals surface area contributed by atoms with Crippen LogP contribution in [-0.4, -0.2) is 16.1 Å². The lowest BCUT2D eigenvalue weighted by atomic mass is 10.1. The van der Waals surface area contributed by atoms with Crippen molar-refractivity contribution in [3.05, 3.63) is 51.5 Å². The topological polar surface area (TPSA) is 76.2 Å². The standard InChI is InChI=1S/C14H10FIN2O2/c1-2-9-11(17)10(15)12(18-13(9)14(19)20)7-3-5-8(16)6-4-7/h2-6H,1H2,(H2,17,18)(H,19,20). The van der Waals surface area contributed by atoms with Gasteiger partial charge >= 0.3 is 5.97 Å². The fraction of sp³-hybridized carbons (Fsp3) is 0. The van der Waals surface area contributed by atoms with E-state index in [0.29, 0.717) is 5.56 Å². The van der Waals surface area contributed by atoms with Crippen LogP contribution in [0.5, 0.6) is 0 Å². The van der Waals surface area contributed by atoms with Crippen molar-refractivity contribution in [2.45, 2.75) is 0 Å². The van der Waals surface area contributed by atoms with Crippen molar-refractivity contribution in [1.29, 1.82) is 0 Å². The van der Waals surface area contributed by atoms with Crippen LogP contribution in [0.4, 0.5) is 10.1 Å². The van der Waals surface area contributed by atoms with E-state index in [0.717, 1.165) is 3.57 Å². The lowest BCUT2D eigenvalue weighted by Gasteiger charge is -2.11. The van der Waals surface area contributed by atoms with E-state index in [1.54, 1.807) is 24.3 Å². The fourth-order valence-electron chi connectivity index (χ4n) is 1.76. The minimum absolute atomic E-state index is 0.00994. The zero-order valence-electron chi connectivity index (χ0n) is 10.2. The molecule has 0 radical (unpaired) electrons. The van der Waals surface area contributed by atoms with Crippen molar-refractivity contribution < 1.29 is 14.3 Å². The summed E-state index contributed by atoms with van der Waals surface area (Å²) in [6, 6.07) is 6.86. The Balaban J connectivity index is 2.74. The molecular formula is C14H10FIN2O2. The number of nitrogen functional groups attached to an aromatic ring is 1. The van der Waals surface area contributed by atoms with Crippen LogP contribution in [0.25, 0.3) is 17.3 Å². The molecule has 0 unspecified atom stereocenters. The first-order chi connectivity index (χ1) is 9.45. The van der Waals surface area contributed by atoms with Gasteiger partial charge < -0.3 is 10.8 Å². The van der Waals surface area contributed by atoms with E-state index < -0.39 is 11.8 Å². The molecule has 2 aromatic rings. The third-order valence-corrected chi connectivity index (χ3v) is 3.46. The summed E-state index contributed by atoms with van der Waals surface area (Å²) >= 11 is 2.11. The first-order valence-corrected chi connectivity index (χ1v) is 6.64. The normalized spacial score (nSPS) is 10.3. The van der Waals surface area contributed by atoms with E-state index in [1.165, 1.54) is 6.08 Å². The number of hydrogen-bond acceptors (Lipinski definition) is 3. The molecule has 102 valence electrons. The van der Waals surface area contributed by atoms with E-state index in [-0.39, 0.29) is 22.6 Å². The molecule has 4 nitrogen and oxygen atoms in total. The monoisotopic (exact) mass is 384 g/mol. The van der Waals surface area contributed by atoms with Crippen LogP contribution < -0.4 is 5.73 Å². The molecule has 0 amide bonds. The Bertz CT molecular complexity index is 699. The fourth-order valence-corrected chi connectivity index (χ4v) is 2.12. The Kier molecular flexibility index (Phi) is 4.03. The number of halogens is 2. The molecule has 0 atom stereocenters. The van der Waals surface area contributed by atoms with Crippen LogP contribution >= 0.6 is 22.6 Å². The molecule has 20 heavy (non-hydrogen) atoms. The summed E-state index contributed by atoms with van der Waals surface area (Å²) in [6.45, 7) is 3.44. The highest BCUT2D eigenvalue weighted by Gasteiger charge is 2.21. The first-order valence-electron chi connectivity index (χ1n) is 5.56. The Morgan fingerprint density at radius 2 is 2.00 bits per heavy atom. The van der Waals surface area contributed by atoms with E-state index in [4.69, 9.17) is 10.8 Å². The van der Waals surface area contributed by atoms with Crippen molar-refractivity contribution in [2.24, 2.45) is 0 Å². The van der Waals surface area contributed by atoms with Crippen LogP contribution in [0, 0.1) is 9.39 Å². The molecule has 1 aromatic carbocycles. The van der Waals surface area contributed by atoms with Gasteiger partial charge in [-0.2, -0.15) is 0 Å². The highest BCUT2D eigenvalue weighted by molar-refractivity contribution is 14.1. The van der Waals surface area contributed by atoms with Gasteiger partial charge in [0.15, 0.2) is 11.5 Å². The number of aromatic nitrogens is 1. The van der Waals surface area contributed by atoms with Crippen molar-refractivity contribution in [3.8, 4) is 11.3 Å². The van der Waals surface area contributed by atoms with Gasteiger partial charge in [-0.05, 0) is 34.7 Å². The predicted octanol–water partition coefficient (Wildman–Crippen LogP) is 3.42. The summed E-state index contributed by atoms with van der Waals surface area (Å²) in [6.07, 6.45) is 1.19. The molecule has 0 saturated carbocycles. The zero-order chi connectivity index (χ0) is 14.9. The zero-order valence-corrected chi connectivity index (χ0v) is 12.4. The Morgan fingerprint density at radius 1 is 1.40 bits per heavy atom. The summed E-state index contributed by atoms with van der Waals surface area (Å²) in [5.74, 6) is -2.02. The first kappa shape index (κ1) is 14.4. The van der Waals surface area contributed by atoms with Gasteiger partial charge in [-0.1, -0.05) is 24.8 Å². The number of carboxylic acids is 1. The maximum absolute atomic E-state index is 14.2. The molecule has 0 bridgehead atoms. The van der Waals surface area contributed by atoms with Gasteiger partial charge in [-0.3, -0.25) is 0 Å². The molecular weight excluding hydrogens is 374 g/mol. The Morgan fingerprint density at radius 3 is 2.50 bits per heavy atom. The minimum Gasteiger partial charge on any atom is -0.476 e. The van der Waals surface area contributed by atoms with Crippen molar-refractivity contribution >= 4 is 40.3 Å². The smallest absolute Gasteiger partial charge is 0.355 e. The van der Waals surface area contributed by atoms with Gasteiger partial charge in [-0.15, -0.1) is 0 Å². The second kappa shape index (κ2) is 5.58. The lowest BCUT2D eigenvalue weighted by Crippen LogP contribution is -2.10. The van der Waals surface area contributed by atoms with Gasteiger partial charge in [0.1, 0.15) is 5.69 Å². The van der Waals surface area contributed by atoms with Crippen LogP contribution in [0.1, 0.15) is 16.1 Å².